The Morgan fingerprint density at radius 2 is 1.88 bits per heavy atom. The minimum atomic E-state index is 0.0346. The number of carbonyl (C=O) groups excluding carboxylic acids is 1. The molecule has 9 nitrogen and oxygen atoms in total. The average molecular weight is 483 g/mol. The Labute approximate surface area is 205 Å². The molecule has 0 spiro atoms. The molecule has 34 heavy (non-hydrogen) atoms. The smallest absolute Gasteiger partial charge is 0.224 e. The molecular weight excluding hydrogens is 448 g/mol. The molecule has 1 amide bonds. The van der Waals surface area contributed by atoms with Gasteiger partial charge in [0.05, 0.1) is 0 Å². The van der Waals surface area contributed by atoms with Crippen LogP contribution in [0, 0.1) is 0 Å². The van der Waals surface area contributed by atoms with Crippen molar-refractivity contribution >= 4 is 40.8 Å². The number of benzene rings is 1. The van der Waals surface area contributed by atoms with Gasteiger partial charge in [-0.3, -0.25) is 4.79 Å². The lowest BCUT2D eigenvalue weighted by atomic mass is 10.2. The van der Waals surface area contributed by atoms with Crippen molar-refractivity contribution in [3.63, 3.8) is 0 Å². The van der Waals surface area contributed by atoms with Crippen LogP contribution in [0.1, 0.15) is 33.1 Å². The molecule has 1 saturated heterocycles. The minimum absolute atomic E-state index is 0.0346. The maximum Gasteiger partial charge on any atom is 0.224 e. The van der Waals surface area contributed by atoms with Crippen LogP contribution in [0.15, 0.2) is 57.1 Å². The number of hydrogen-bond acceptors (Lipinski definition) is 8. The fourth-order valence-corrected chi connectivity index (χ4v) is 4.13. The van der Waals surface area contributed by atoms with Crippen LogP contribution in [-0.4, -0.2) is 59.8 Å². The first-order valence-electron chi connectivity index (χ1n) is 11.5. The summed E-state index contributed by atoms with van der Waals surface area (Å²) in [4.78, 5) is 31.3. The monoisotopic (exact) mass is 482 g/mol. The zero-order valence-electron chi connectivity index (χ0n) is 20.1. The number of carbonyl (C=O) groups is 1. The lowest BCUT2D eigenvalue weighted by Crippen LogP contribution is -2.44. The number of hydrogen-bond donors (Lipinski definition) is 3. The van der Waals surface area contributed by atoms with E-state index in [0.717, 1.165) is 55.4 Å². The molecule has 1 aromatic heterocycles. The fraction of sp³-hybridized carbons (Fsp3) is 0.417. The molecule has 0 bridgehead atoms. The number of rotatable bonds is 9. The van der Waals surface area contributed by atoms with Gasteiger partial charge in [0.2, 0.25) is 5.91 Å². The van der Waals surface area contributed by atoms with E-state index < -0.39 is 0 Å². The van der Waals surface area contributed by atoms with Crippen LogP contribution >= 0.6 is 11.8 Å². The summed E-state index contributed by atoms with van der Waals surface area (Å²) in [5.74, 6) is 1.64. The molecule has 2 heterocycles. The maximum absolute atomic E-state index is 12.0. The van der Waals surface area contributed by atoms with E-state index in [1.807, 2.05) is 30.3 Å². The minimum Gasteiger partial charge on any atom is -0.402 e. The number of aliphatic imine (C=N–C) groups is 1. The molecule has 0 aliphatic carbocycles. The summed E-state index contributed by atoms with van der Waals surface area (Å²) < 4.78 is 0. The number of nitrogens with zero attached hydrogens (tertiary/aromatic N) is 5. The van der Waals surface area contributed by atoms with Crippen LogP contribution in [0.2, 0.25) is 0 Å². The number of nitrogens with one attached hydrogen (secondary N) is 1. The average Bonchev–Trinajstić information content (AvgIpc) is 2.78. The molecule has 0 radical (unpaired) electrons. The Kier molecular flexibility index (Phi) is 9.29. The summed E-state index contributed by atoms with van der Waals surface area (Å²) in [5.41, 5.74) is 13.1. The van der Waals surface area contributed by atoms with E-state index in [-0.39, 0.29) is 5.91 Å². The van der Waals surface area contributed by atoms with Crippen LogP contribution in [-0.2, 0) is 4.79 Å². The molecular formula is C24H34N8OS. The van der Waals surface area contributed by atoms with Crippen molar-refractivity contribution in [3.8, 4) is 0 Å². The Morgan fingerprint density at radius 1 is 1.18 bits per heavy atom. The third-order valence-electron chi connectivity index (χ3n) is 5.23. The first kappa shape index (κ1) is 25.5. The molecule has 10 heteroatoms. The lowest BCUT2D eigenvalue weighted by molar-refractivity contribution is -0.116. The third kappa shape index (κ3) is 8.03. The standard InChI is InChI=1S/C24H34N8OS/c1-4-5-6-23(33)27-18-7-9-19(10-8-18)34-24-29-21(28-20(26)15-17(2)25)16-22(30-24)32-13-11-31(3)12-14-32/h7-10,15-16H,4-6,11-14,25H2,1-3H3,(H,27,33)(H2,26,28,29,30)/b17-15-. The first-order chi connectivity index (χ1) is 16.3. The second kappa shape index (κ2) is 12.4. The normalized spacial score (nSPS) is 15.4. The Bertz CT molecular complexity index is 1030. The highest BCUT2D eigenvalue weighted by molar-refractivity contribution is 7.99. The van der Waals surface area contributed by atoms with E-state index in [0.29, 0.717) is 28.9 Å². The van der Waals surface area contributed by atoms with Crippen LogP contribution in [0.25, 0.3) is 0 Å². The van der Waals surface area contributed by atoms with Gasteiger partial charge in [0, 0.05) is 54.9 Å². The van der Waals surface area contributed by atoms with Crippen LogP contribution < -0.4 is 21.7 Å². The highest BCUT2D eigenvalue weighted by Gasteiger charge is 2.18. The van der Waals surface area contributed by atoms with Gasteiger partial charge in [-0.2, -0.15) is 0 Å². The Balaban J connectivity index is 1.80. The molecule has 5 N–H and O–H groups in total. The predicted octanol–water partition coefficient (Wildman–Crippen LogP) is 3.36. The third-order valence-corrected chi connectivity index (χ3v) is 6.10. The van der Waals surface area contributed by atoms with Crippen molar-refractivity contribution in [2.45, 2.75) is 43.2 Å². The number of amidine groups is 1. The van der Waals surface area contributed by atoms with Crippen molar-refractivity contribution in [1.29, 1.82) is 0 Å². The summed E-state index contributed by atoms with van der Waals surface area (Å²) in [6.45, 7) is 7.52. The molecule has 0 unspecified atom stereocenters. The number of unbranched alkanes of at least 4 members (excludes halogenated alkanes) is 1. The van der Waals surface area contributed by atoms with E-state index in [4.69, 9.17) is 16.5 Å². The largest absolute Gasteiger partial charge is 0.402 e. The number of amides is 1. The van der Waals surface area contributed by atoms with E-state index in [9.17, 15) is 4.79 Å². The summed E-state index contributed by atoms with van der Waals surface area (Å²) in [6, 6.07) is 9.54. The molecule has 1 fully saturated rings. The second-order valence-corrected chi connectivity index (χ2v) is 9.40. The van der Waals surface area contributed by atoms with E-state index >= 15 is 0 Å². The van der Waals surface area contributed by atoms with Crippen LogP contribution in [0.5, 0.6) is 0 Å². The van der Waals surface area contributed by atoms with E-state index in [1.165, 1.54) is 11.8 Å². The number of aromatic nitrogens is 2. The van der Waals surface area contributed by atoms with Gasteiger partial charge in [-0.1, -0.05) is 13.3 Å². The van der Waals surface area contributed by atoms with Gasteiger partial charge in [-0.05, 0) is 62.5 Å². The topological polar surface area (TPSA) is 126 Å². The van der Waals surface area contributed by atoms with Gasteiger partial charge in [0.1, 0.15) is 11.7 Å². The first-order valence-corrected chi connectivity index (χ1v) is 12.3. The lowest BCUT2D eigenvalue weighted by Gasteiger charge is -2.33. The zero-order chi connectivity index (χ0) is 24.5. The summed E-state index contributed by atoms with van der Waals surface area (Å²) >= 11 is 1.44. The number of likely N-dealkylation sites (N-methyl/N-ethyl adjacent to an activating group) is 1. The number of piperazine rings is 1. The van der Waals surface area contributed by atoms with Gasteiger partial charge in [-0.25, -0.2) is 15.0 Å². The Morgan fingerprint density at radius 3 is 2.53 bits per heavy atom. The number of nitrogens with two attached hydrogens (primary N) is 2. The molecule has 182 valence electrons. The molecule has 1 aromatic carbocycles. The van der Waals surface area contributed by atoms with E-state index in [2.05, 4.69) is 39.1 Å². The van der Waals surface area contributed by atoms with Crippen molar-refractivity contribution in [2.24, 2.45) is 16.5 Å². The molecule has 0 saturated carbocycles. The van der Waals surface area contributed by atoms with Crippen molar-refractivity contribution < 1.29 is 4.79 Å². The van der Waals surface area contributed by atoms with Gasteiger partial charge in [-0.15, -0.1) is 0 Å². The molecule has 2 aromatic rings. The maximum atomic E-state index is 12.0. The fourth-order valence-electron chi connectivity index (χ4n) is 3.37. The van der Waals surface area contributed by atoms with Gasteiger partial charge >= 0.3 is 0 Å². The van der Waals surface area contributed by atoms with Crippen LogP contribution in [0.3, 0.4) is 0 Å². The number of anilines is 2. The quantitative estimate of drug-likeness (QED) is 0.282. The Hall–Kier alpha value is -3.11. The van der Waals surface area contributed by atoms with Gasteiger partial charge in [0.25, 0.3) is 0 Å². The van der Waals surface area contributed by atoms with Gasteiger partial charge < -0.3 is 26.6 Å². The zero-order valence-corrected chi connectivity index (χ0v) is 20.9. The SMILES string of the molecule is CCCCC(=O)Nc1ccc(Sc2nc(/N=C(N)/C=C(/C)N)cc(N3CCN(C)CC3)n2)cc1. The highest BCUT2D eigenvalue weighted by atomic mass is 32.2. The molecule has 3 rings (SSSR count). The summed E-state index contributed by atoms with van der Waals surface area (Å²) in [7, 11) is 2.12. The second-order valence-electron chi connectivity index (χ2n) is 8.36. The van der Waals surface area contributed by atoms with Crippen molar-refractivity contribution in [2.75, 3.05) is 43.4 Å². The van der Waals surface area contributed by atoms with Crippen molar-refractivity contribution in [1.82, 2.24) is 14.9 Å². The van der Waals surface area contributed by atoms with Crippen molar-refractivity contribution in [3.05, 3.63) is 42.1 Å². The van der Waals surface area contributed by atoms with E-state index in [1.54, 1.807) is 13.0 Å². The molecule has 1 aliphatic heterocycles. The van der Waals surface area contributed by atoms with Gasteiger partial charge in [0.15, 0.2) is 11.0 Å². The number of allylic oxidation sites excluding steroid dienone is 1. The summed E-state index contributed by atoms with van der Waals surface area (Å²) in [6.07, 6.45) is 4.02. The molecule has 1 aliphatic rings. The molecule has 0 atom stereocenters. The predicted molar refractivity (Wildman–Crippen MR) is 140 cm³/mol. The highest BCUT2D eigenvalue weighted by Crippen LogP contribution is 2.30. The van der Waals surface area contributed by atoms with Crippen LogP contribution in [0.4, 0.5) is 17.3 Å². The summed E-state index contributed by atoms with van der Waals surface area (Å²) in [5, 5.41) is 3.51.